The normalized spacial score (nSPS) is 21.4. The van der Waals surface area contributed by atoms with Crippen molar-refractivity contribution in [3.63, 3.8) is 0 Å². The second kappa shape index (κ2) is 13.5. The van der Waals surface area contributed by atoms with Crippen LogP contribution in [0, 0.1) is 5.82 Å². The number of carbonyl (C=O) groups excluding carboxylic acids is 3. The number of amides is 2. The summed E-state index contributed by atoms with van der Waals surface area (Å²) in [7, 11) is 1.24. The molecule has 250 valence electrons. The fraction of sp³-hybridized carbons (Fsp3) is 0.500. The number of rotatable bonds is 8. The minimum atomic E-state index is -0.573. The number of hydrogen-bond acceptors (Lipinski definition) is 6. The Morgan fingerprint density at radius 2 is 1.70 bits per heavy atom. The summed E-state index contributed by atoms with van der Waals surface area (Å²) in [6, 6.07) is 9.35. The fourth-order valence-corrected chi connectivity index (χ4v) is 12.0. The second-order valence-electron chi connectivity index (χ2n) is 12.9. The monoisotopic (exact) mass is 757 g/mol. The SMILES string of the molecule is COC(=O)CNC(=O)CNC(=O)Cn1nc2c3c(cccc31)-c1cc3c(cnn3[N+]3([I-]C4CCCCCCC4)CCC2CC3)cc1F. The molecule has 8 rings (SSSR count). The third kappa shape index (κ3) is 6.35. The first-order valence-corrected chi connectivity index (χ1v) is 18.9. The molecule has 1 saturated heterocycles. The first kappa shape index (κ1) is 32.0. The molecular formula is C34H41FIN7O4. The van der Waals surface area contributed by atoms with Crippen LogP contribution in [0.15, 0.2) is 36.5 Å². The zero-order chi connectivity index (χ0) is 32.5. The fourth-order valence-electron chi connectivity index (χ4n) is 7.42. The number of hydrogen-bond donors (Lipinski definition) is 2. The van der Waals surface area contributed by atoms with Crippen molar-refractivity contribution in [2.24, 2.45) is 0 Å². The van der Waals surface area contributed by atoms with Gasteiger partial charge in [-0.1, -0.05) is 0 Å². The summed E-state index contributed by atoms with van der Waals surface area (Å²) in [6.07, 6.45) is 12.9. The van der Waals surface area contributed by atoms with Crippen LogP contribution >= 0.6 is 0 Å². The number of piperidine rings is 1. The molecule has 4 aliphatic rings. The van der Waals surface area contributed by atoms with Gasteiger partial charge in [-0.3, -0.25) is 9.59 Å². The molecule has 0 spiro atoms. The second-order valence-corrected chi connectivity index (χ2v) is 17.0. The average Bonchev–Trinajstić information content (AvgIpc) is 3.64. The van der Waals surface area contributed by atoms with E-state index >= 15 is 4.39 Å². The molecule has 2 fully saturated rings. The van der Waals surface area contributed by atoms with Gasteiger partial charge in [-0.15, -0.1) is 0 Å². The number of carbonyl (C=O) groups is 3. The standard InChI is InChI=1S/C34H41FIN7O4/c1-47-32(46)20-38-30(44)19-37-31(45)21-41-28-11-7-10-25-26-17-29-23(16-27(26)35)18-39-42(29)43(36-24-8-5-3-2-4-6-9-24)14-12-22(13-15-43)34(40-41)33(25)28/h7,10-11,16-18,22,24H,2-6,8-9,12-15,19-21H2,1H3,(H,37,45)(H,38,44). The van der Waals surface area contributed by atoms with Crippen LogP contribution in [0.2, 0.25) is 0 Å². The van der Waals surface area contributed by atoms with Gasteiger partial charge < -0.3 is 10.1 Å². The van der Waals surface area contributed by atoms with Crippen LogP contribution in [0.5, 0.6) is 0 Å². The molecular weight excluding hydrogens is 716 g/mol. The van der Waals surface area contributed by atoms with Gasteiger partial charge in [-0.2, -0.15) is 0 Å². The van der Waals surface area contributed by atoms with Gasteiger partial charge in [0.05, 0.1) is 7.11 Å². The molecule has 47 heavy (non-hydrogen) atoms. The number of fused-ring (bicyclic) bond motifs is 2. The Hall–Kier alpha value is -3.59. The van der Waals surface area contributed by atoms with Crippen molar-refractivity contribution in [1.82, 2.24) is 33.1 Å². The number of halogens is 2. The molecule has 0 unspecified atom stereocenters. The van der Waals surface area contributed by atoms with Crippen LogP contribution in [-0.2, 0) is 25.7 Å². The van der Waals surface area contributed by atoms with E-state index in [1.165, 1.54) is 52.1 Å². The van der Waals surface area contributed by atoms with E-state index in [4.69, 9.17) is 10.2 Å². The summed E-state index contributed by atoms with van der Waals surface area (Å²) in [4.78, 5) is 38.7. The van der Waals surface area contributed by atoms with Gasteiger partial charge >= 0.3 is 251 Å². The first-order chi connectivity index (χ1) is 22.8. The first-order valence-electron chi connectivity index (χ1n) is 16.7. The Bertz CT molecular complexity index is 1820. The van der Waals surface area contributed by atoms with Crippen LogP contribution in [0.4, 0.5) is 4.39 Å². The van der Waals surface area contributed by atoms with E-state index in [9.17, 15) is 14.4 Å². The summed E-state index contributed by atoms with van der Waals surface area (Å²) in [5.74, 6) is -1.61. The average molecular weight is 758 g/mol. The number of ether oxygens (including phenoxy) is 1. The molecule has 2 amide bonds. The van der Waals surface area contributed by atoms with E-state index in [2.05, 4.69) is 20.2 Å². The maximum atomic E-state index is 16.0. The number of quaternary nitrogens is 1. The number of benzene rings is 2. The third-order valence-corrected chi connectivity index (χ3v) is 14.3. The molecule has 3 aliphatic heterocycles. The molecule has 0 radical (unpaired) electrons. The molecule has 11 nitrogen and oxygen atoms in total. The number of alkyl halides is 1. The molecule has 13 heteroatoms. The molecule has 1 saturated carbocycles. The molecule has 2 aromatic carbocycles. The number of esters is 1. The van der Waals surface area contributed by atoms with Crippen molar-refractivity contribution in [1.29, 1.82) is 0 Å². The van der Waals surface area contributed by atoms with Crippen molar-refractivity contribution in [3.8, 4) is 11.1 Å². The molecule has 1 aliphatic carbocycles. The van der Waals surface area contributed by atoms with Crippen LogP contribution < -0.4 is 34.9 Å². The van der Waals surface area contributed by atoms with Crippen molar-refractivity contribution in [2.75, 3.05) is 33.3 Å². The van der Waals surface area contributed by atoms with Gasteiger partial charge in [0.2, 0.25) is 0 Å². The number of nitrogens with one attached hydrogen (secondary N) is 2. The van der Waals surface area contributed by atoms with Gasteiger partial charge in [-0.05, 0) is 0 Å². The zero-order valence-corrected chi connectivity index (χ0v) is 28.8. The third-order valence-electron chi connectivity index (χ3n) is 9.85. The number of aromatic nitrogens is 4. The summed E-state index contributed by atoms with van der Waals surface area (Å²) >= 11 is -0.305. The minimum absolute atomic E-state index is 0.0988. The Balaban J connectivity index is 1.24. The van der Waals surface area contributed by atoms with E-state index in [1.54, 1.807) is 10.7 Å². The van der Waals surface area contributed by atoms with E-state index in [0.717, 1.165) is 65.7 Å². The van der Waals surface area contributed by atoms with E-state index in [1.807, 2.05) is 30.5 Å². The molecule has 2 aromatic heterocycles. The molecule has 0 atom stereocenters. The molecule has 2 N–H and O–H groups in total. The van der Waals surface area contributed by atoms with Gasteiger partial charge in [-0.25, -0.2) is 0 Å². The van der Waals surface area contributed by atoms with Gasteiger partial charge in [0.1, 0.15) is 6.54 Å². The quantitative estimate of drug-likeness (QED) is 0.120. The Morgan fingerprint density at radius 3 is 2.47 bits per heavy atom. The summed E-state index contributed by atoms with van der Waals surface area (Å²) in [5, 5.41) is 16.8. The molecule has 5 heterocycles. The summed E-state index contributed by atoms with van der Waals surface area (Å²) in [5.41, 5.74) is 3.91. The van der Waals surface area contributed by atoms with Crippen molar-refractivity contribution < 1.29 is 45.0 Å². The predicted molar refractivity (Wildman–Crippen MR) is 172 cm³/mol. The van der Waals surface area contributed by atoms with Crippen LogP contribution in [0.1, 0.15) is 69.4 Å². The van der Waals surface area contributed by atoms with Crippen LogP contribution in [0.25, 0.3) is 32.9 Å². The van der Waals surface area contributed by atoms with Crippen LogP contribution in [-0.4, -0.2) is 74.7 Å². The van der Waals surface area contributed by atoms with Gasteiger partial charge in [0, 0.05) is 0 Å². The Kier molecular flexibility index (Phi) is 9.18. The van der Waals surface area contributed by atoms with Crippen molar-refractivity contribution in [2.45, 2.75) is 74.2 Å². The van der Waals surface area contributed by atoms with Crippen molar-refractivity contribution >= 4 is 39.6 Å². The van der Waals surface area contributed by atoms with E-state index < -0.39 is 11.9 Å². The zero-order valence-electron chi connectivity index (χ0n) is 26.6. The van der Waals surface area contributed by atoms with Gasteiger partial charge in [0.15, 0.2) is 0 Å². The maximum absolute atomic E-state index is 16.0. The molecule has 4 bridgehead atoms. The predicted octanol–water partition coefficient (Wildman–Crippen LogP) is 1.04. The Morgan fingerprint density at radius 1 is 0.957 bits per heavy atom. The molecule has 4 aromatic rings. The van der Waals surface area contributed by atoms with Gasteiger partial charge in [0.25, 0.3) is 0 Å². The summed E-state index contributed by atoms with van der Waals surface area (Å²) < 4.78 is 23.8. The summed E-state index contributed by atoms with van der Waals surface area (Å²) in [6.45, 7) is 1.26. The van der Waals surface area contributed by atoms with Crippen LogP contribution in [0.3, 0.4) is 0 Å². The van der Waals surface area contributed by atoms with Crippen molar-refractivity contribution in [3.05, 3.63) is 48.0 Å². The van der Waals surface area contributed by atoms with E-state index in [-0.39, 0.29) is 58.8 Å². The topological polar surface area (TPSA) is 120 Å². The number of nitrogens with zero attached hydrogens (tertiary/aromatic N) is 5. The van der Waals surface area contributed by atoms with E-state index in [0.29, 0.717) is 5.56 Å². The number of methoxy groups -OCH3 is 1. The Labute approximate surface area is 283 Å².